The highest BCUT2D eigenvalue weighted by Crippen LogP contribution is 2.16. The quantitative estimate of drug-likeness (QED) is 0.476. The van der Waals surface area contributed by atoms with Crippen molar-refractivity contribution >= 4 is 34.8 Å². The fourth-order valence-electron chi connectivity index (χ4n) is 2.69. The van der Waals surface area contributed by atoms with Crippen molar-refractivity contribution in [1.29, 1.82) is 0 Å². The molecule has 2 aromatic carbocycles. The molecule has 0 aliphatic heterocycles. The van der Waals surface area contributed by atoms with Gasteiger partial charge in [0.2, 0.25) is 11.8 Å². The van der Waals surface area contributed by atoms with Crippen LogP contribution in [0.2, 0.25) is 0 Å². The fourth-order valence-corrected chi connectivity index (χ4v) is 2.69. The summed E-state index contributed by atoms with van der Waals surface area (Å²) in [4.78, 5) is 36.3. The summed E-state index contributed by atoms with van der Waals surface area (Å²) in [5.41, 5.74) is 2.45. The number of benzene rings is 2. The Balaban J connectivity index is 1.90. The number of anilines is 3. The molecule has 1 unspecified atom stereocenters. The second-order valence-electron chi connectivity index (χ2n) is 7.14. The zero-order valence-electron chi connectivity index (χ0n) is 17.7. The third kappa shape index (κ3) is 7.58. The van der Waals surface area contributed by atoms with Gasteiger partial charge in [0.05, 0.1) is 6.54 Å². The van der Waals surface area contributed by atoms with Gasteiger partial charge >= 0.3 is 0 Å². The van der Waals surface area contributed by atoms with E-state index in [1.54, 1.807) is 42.5 Å². The molecule has 2 rings (SSSR count). The van der Waals surface area contributed by atoms with Crippen LogP contribution in [0.25, 0.3) is 0 Å². The van der Waals surface area contributed by atoms with Crippen LogP contribution in [0.1, 0.15) is 50.4 Å². The van der Waals surface area contributed by atoms with Crippen LogP contribution in [0.5, 0.6) is 0 Å². The maximum atomic E-state index is 12.3. The lowest BCUT2D eigenvalue weighted by molar-refractivity contribution is -0.116. The van der Waals surface area contributed by atoms with Gasteiger partial charge in [-0.3, -0.25) is 14.4 Å². The minimum Gasteiger partial charge on any atom is -0.376 e. The molecule has 7 heteroatoms. The van der Waals surface area contributed by atoms with Gasteiger partial charge in [-0.25, -0.2) is 0 Å². The monoisotopic (exact) mass is 410 g/mol. The topological polar surface area (TPSA) is 99.3 Å². The summed E-state index contributed by atoms with van der Waals surface area (Å²) < 4.78 is 0. The molecular formula is C23H30N4O3. The molecule has 160 valence electrons. The van der Waals surface area contributed by atoms with Crippen LogP contribution in [-0.2, 0) is 9.59 Å². The molecule has 0 heterocycles. The van der Waals surface area contributed by atoms with Crippen LogP contribution in [0.4, 0.5) is 17.1 Å². The molecule has 0 aliphatic carbocycles. The van der Waals surface area contributed by atoms with E-state index < -0.39 is 0 Å². The predicted octanol–water partition coefficient (Wildman–Crippen LogP) is 4.00. The molecular weight excluding hydrogens is 380 g/mol. The molecule has 7 nitrogen and oxygen atoms in total. The lowest BCUT2D eigenvalue weighted by atomic mass is 10.1. The van der Waals surface area contributed by atoms with Crippen LogP contribution < -0.4 is 21.3 Å². The Bertz CT molecular complexity index is 882. The third-order valence-electron chi connectivity index (χ3n) is 4.47. The number of nitrogens with one attached hydrogen (secondary N) is 4. The normalized spacial score (nSPS) is 11.3. The Morgan fingerprint density at radius 3 is 2.20 bits per heavy atom. The zero-order chi connectivity index (χ0) is 21.9. The molecule has 4 N–H and O–H groups in total. The van der Waals surface area contributed by atoms with Gasteiger partial charge in [0.25, 0.3) is 5.91 Å². The smallest absolute Gasteiger partial charge is 0.251 e. The molecule has 2 aromatic rings. The summed E-state index contributed by atoms with van der Waals surface area (Å²) in [6.45, 7) is 5.95. The lowest BCUT2D eigenvalue weighted by Crippen LogP contribution is -2.32. The number of carbonyl (C=O) groups excluding carboxylic acids is 3. The summed E-state index contributed by atoms with van der Waals surface area (Å²) in [6, 6.07) is 14.1. The summed E-state index contributed by atoms with van der Waals surface area (Å²) >= 11 is 0. The molecule has 0 aliphatic rings. The molecule has 3 amide bonds. The average molecular weight is 411 g/mol. The second-order valence-corrected chi connectivity index (χ2v) is 7.14. The average Bonchev–Trinajstić information content (AvgIpc) is 2.72. The molecule has 0 radical (unpaired) electrons. The Kier molecular flexibility index (Phi) is 8.87. The highest BCUT2D eigenvalue weighted by atomic mass is 16.2. The lowest BCUT2D eigenvalue weighted by Gasteiger charge is -2.13. The van der Waals surface area contributed by atoms with Crippen molar-refractivity contribution < 1.29 is 14.4 Å². The molecule has 0 aromatic heterocycles. The second kappa shape index (κ2) is 11.6. The van der Waals surface area contributed by atoms with E-state index in [-0.39, 0.29) is 30.3 Å². The fraction of sp³-hybridized carbons (Fsp3) is 0.348. The third-order valence-corrected chi connectivity index (χ3v) is 4.47. The molecule has 0 spiro atoms. The van der Waals surface area contributed by atoms with E-state index in [0.717, 1.165) is 18.5 Å². The molecule has 0 saturated carbocycles. The van der Waals surface area contributed by atoms with Crippen molar-refractivity contribution in [3.05, 3.63) is 54.1 Å². The number of rotatable bonds is 10. The number of hydrogen-bond donors (Lipinski definition) is 4. The molecule has 1 atom stereocenters. The van der Waals surface area contributed by atoms with E-state index in [0.29, 0.717) is 23.4 Å². The highest BCUT2D eigenvalue weighted by Gasteiger charge is 2.10. The van der Waals surface area contributed by atoms with Crippen LogP contribution in [0.3, 0.4) is 0 Å². The highest BCUT2D eigenvalue weighted by molar-refractivity contribution is 5.98. The van der Waals surface area contributed by atoms with Crippen molar-refractivity contribution in [3.63, 3.8) is 0 Å². The van der Waals surface area contributed by atoms with Gasteiger partial charge in [0.15, 0.2) is 0 Å². The first-order chi connectivity index (χ1) is 14.4. The van der Waals surface area contributed by atoms with Gasteiger partial charge in [-0.05, 0) is 56.2 Å². The maximum Gasteiger partial charge on any atom is 0.251 e. The van der Waals surface area contributed by atoms with E-state index in [9.17, 15) is 14.4 Å². The van der Waals surface area contributed by atoms with Crippen molar-refractivity contribution in [2.24, 2.45) is 0 Å². The summed E-state index contributed by atoms with van der Waals surface area (Å²) in [5, 5.41) is 11.6. The maximum absolute atomic E-state index is 12.3. The zero-order valence-corrected chi connectivity index (χ0v) is 17.7. The Labute approximate surface area is 177 Å². The van der Waals surface area contributed by atoms with Crippen LogP contribution in [0, 0.1) is 0 Å². The largest absolute Gasteiger partial charge is 0.376 e. The van der Waals surface area contributed by atoms with Crippen molar-refractivity contribution in [3.8, 4) is 0 Å². The molecule has 0 fully saturated rings. The van der Waals surface area contributed by atoms with Crippen LogP contribution in [0.15, 0.2) is 48.5 Å². The minimum absolute atomic E-state index is 0.0374. The molecule has 0 bridgehead atoms. The van der Waals surface area contributed by atoms with E-state index in [2.05, 4.69) is 21.3 Å². The van der Waals surface area contributed by atoms with Gasteiger partial charge in [0, 0.05) is 35.1 Å². The standard InChI is InChI=1S/C23H30N4O3/c1-4-8-21(28)26-20-12-7-10-18(14-20)24-15-22(29)27-19-11-6-9-17(13-19)23(30)25-16(3)5-2/h6-7,9-14,16,24H,4-5,8,15H2,1-3H3,(H,25,30)(H,26,28)(H,27,29). The van der Waals surface area contributed by atoms with Gasteiger partial charge < -0.3 is 21.3 Å². The number of amides is 3. The van der Waals surface area contributed by atoms with E-state index >= 15 is 0 Å². The summed E-state index contributed by atoms with van der Waals surface area (Å²) in [6.07, 6.45) is 2.09. The minimum atomic E-state index is -0.241. The number of hydrogen-bond acceptors (Lipinski definition) is 4. The summed E-state index contributed by atoms with van der Waals surface area (Å²) in [7, 11) is 0. The first kappa shape index (κ1) is 22.9. The molecule has 30 heavy (non-hydrogen) atoms. The Hall–Kier alpha value is -3.35. The van der Waals surface area contributed by atoms with Gasteiger partial charge in [-0.15, -0.1) is 0 Å². The molecule has 0 saturated heterocycles. The SMILES string of the molecule is CCCC(=O)Nc1cccc(NCC(=O)Nc2cccc(C(=O)NC(C)CC)c2)c1. The van der Waals surface area contributed by atoms with Crippen LogP contribution >= 0.6 is 0 Å². The number of carbonyl (C=O) groups is 3. The van der Waals surface area contributed by atoms with Gasteiger partial charge in [-0.1, -0.05) is 26.0 Å². The van der Waals surface area contributed by atoms with E-state index in [4.69, 9.17) is 0 Å². The van der Waals surface area contributed by atoms with Crippen molar-refractivity contribution in [2.75, 3.05) is 22.5 Å². The summed E-state index contributed by atoms with van der Waals surface area (Å²) in [5.74, 6) is -0.444. The first-order valence-corrected chi connectivity index (χ1v) is 10.3. The van der Waals surface area contributed by atoms with E-state index in [1.807, 2.05) is 26.8 Å². The van der Waals surface area contributed by atoms with Crippen molar-refractivity contribution in [1.82, 2.24) is 5.32 Å². The van der Waals surface area contributed by atoms with E-state index in [1.165, 1.54) is 0 Å². The Morgan fingerprint density at radius 1 is 0.867 bits per heavy atom. The van der Waals surface area contributed by atoms with Crippen molar-refractivity contribution in [2.45, 2.75) is 46.1 Å². The van der Waals surface area contributed by atoms with Crippen LogP contribution in [-0.4, -0.2) is 30.3 Å². The first-order valence-electron chi connectivity index (χ1n) is 10.3. The van der Waals surface area contributed by atoms with Gasteiger partial charge in [-0.2, -0.15) is 0 Å². The Morgan fingerprint density at radius 2 is 1.50 bits per heavy atom. The predicted molar refractivity (Wildman–Crippen MR) is 121 cm³/mol. The van der Waals surface area contributed by atoms with Gasteiger partial charge in [0.1, 0.15) is 0 Å².